The van der Waals surface area contributed by atoms with Gasteiger partial charge in [-0.3, -0.25) is 13.9 Å². The number of nitrogens with one attached hydrogen (secondary N) is 1. The molecule has 1 N–H and O–H groups in total. The summed E-state index contributed by atoms with van der Waals surface area (Å²) in [4.78, 5) is 29.7. The predicted molar refractivity (Wildman–Crippen MR) is 191 cm³/mol. The minimum absolute atomic E-state index is 0.0193. The monoisotopic (exact) mass is 727 g/mol. The number of amides is 2. The molecule has 4 aromatic carbocycles. The number of hydrogen-bond acceptors (Lipinski definition) is 7. The highest BCUT2D eigenvalue weighted by Crippen LogP contribution is 2.37. The van der Waals surface area contributed by atoms with Crippen LogP contribution in [0.25, 0.3) is 0 Å². The molecular weight excluding hydrogens is 689 g/mol. The van der Waals surface area contributed by atoms with Gasteiger partial charge >= 0.3 is 0 Å². The van der Waals surface area contributed by atoms with E-state index in [9.17, 15) is 18.0 Å². The minimum atomic E-state index is -4.50. The summed E-state index contributed by atoms with van der Waals surface area (Å²) in [5.74, 6) is -0.416. The van der Waals surface area contributed by atoms with Crippen molar-refractivity contribution in [1.29, 1.82) is 0 Å². The average molecular weight is 729 g/mol. The van der Waals surface area contributed by atoms with Crippen LogP contribution in [0.5, 0.6) is 17.2 Å². The molecule has 0 radical (unpaired) electrons. The molecule has 49 heavy (non-hydrogen) atoms. The zero-order valence-electron chi connectivity index (χ0n) is 27.7. The lowest BCUT2D eigenvalue weighted by Crippen LogP contribution is -2.53. The van der Waals surface area contributed by atoms with Crippen LogP contribution in [0.3, 0.4) is 0 Å². The number of nitrogens with zero attached hydrogens (tertiary/aromatic N) is 2. The van der Waals surface area contributed by atoms with Crippen molar-refractivity contribution in [2.75, 3.05) is 38.7 Å². The summed E-state index contributed by atoms with van der Waals surface area (Å²) in [7, 11) is -0.300. The average Bonchev–Trinajstić information content (AvgIpc) is 3.11. The van der Waals surface area contributed by atoms with Crippen molar-refractivity contribution in [3.05, 3.63) is 112 Å². The van der Waals surface area contributed by atoms with Gasteiger partial charge in [0, 0.05) is 35.6 Å². The van der Waals surface area contributed by atoms with E-state index in [0.717, 1.165) is 9.87 Å². The number of carbonyl (C=O) groups excluding carboxylic acids is 2. The van der Waals surface area contributed by atoms with Crippen LogP contribution >= 0.6 is 23.2 Å². The first kappa shape index (κ1) is 37.4. The van der Waals surface area contributed by atoms with Crippen LogP contribution in [-0.4, -0.2) is 65.6 Å². The van der Waals surface area contributed by atoms with Crippen LogP contribution < -0.4 is 23.8 Å². The van der Waals surface area contributed by atoms with Crippen molar-refractivity contribution in [1.82, 2.24) is 10.2 Å². The number of anilines is 1. The van der Waals surface area contributed by atoms with Crippen molar-refractivity contribution >= 4 is 50.7 Å². The minimum Gasteiger partial charge on any atom is -0.495 e. The van der Waals surface area contributed by atoms with E-state index in [0.29, 0.717) is 29.3 Å². The molecule has 0 saturated carbocycles. The fraction of sp³-hybridized carbons (Fsp3) is 0.278. The van der Waals surface area contributed by atoms with E-state index in [1.54, 1.807) is 30.3 Å². The first-order valence-corrected chi connectivity index (χ1v) is 17.7. The molecule has 0 heterocycles. The molecule has 0 aliphatic heterocycles. The largest absolute Gasteiger partial charge is 0.495 e. The van der Waals surface area contributed by atoms with E-state index >= 15 is 0 Å². The normalized spacial score (nSPS) is 11.7. The molecule has 0 aromatic heterocycles. The summed E-state index contributed by atoms with van der Waals surface area (Å²) in [5.41, 5.74) is 1.40. The maximum atomic E-state index is 14.7. The third-order valence-corrected chi connectivity index (χ3v) is 10.1. The first-order valence-electron chi connectivity index (χ1n) is 15.5. The number of halogens is 2. The Kier molecular flexibility index (Phi) is 13.2. The van der Waals surface area contributed by atoms with Gasteiger partial charge in [0.2, 0.25) is 11.8 Å². The van der Waals surface area contributed by atoms with Crippen LogP contribution in [-0.2, 0) is 32.6 Å². The lowest BCUT2D eigenvalue weighted by atomic mass is 10.0. The van der Waals surface area contributed by atoms with E-state index in [4.69, 9.17) is 37.4 Å². The number of carbonyl (C=O) groups is 2. The molecule has 1 atom stereocenters. The van der Waals surface area contributed by atoms with Gasteiger partial charge in [-0.15, -0.1) is 0 Å². The molecule has 10 nitrogen and oxygen atoms in total. The second-order valence-corrected chi connectivity index (χ2v) is 13.7. The summed E-state index contributed by atoms with van der Waals surface area (Å²) in [6.07, 6.45) is 0.837. The Hall–Kier alpha value is -4.45. The van der Waals surface area contributed by atoms with Gasteiger partial charge in [0.25, 0.3) is 10.0 Å². The highest BCUT2D eigenvalue weighted by atomic mass is 35.5. The number of hydrogen-bond donors (Lipinski definition) is 1. The molecule has 0 fully saturated rings. The Balaban J connectivity index is 1.88. The van der Waals surface area contributed by atoms with Crippen LogP contribution in [0.15, 0.2) is 95.9 Å². The smallest absolute Gasteiger partial charge is 0.265 e. The number of rotatable bonds is 16. The summed E-state index contributed by atoms with van der Waals surface area (Å²) >= 11 is 12.9. The van der Waals surface area contributed by atoms with E-state index in [-0.39, 0.29) is 46.0 Å². The SMILES string of the molecule is CCCNC(=O)C(Cc1ccccc1)N(Cc1ccccc1Cl)C(=O)CN(c1cc(Cl)ccc1OC)S(=O)(=O)c1ccc(OC)c(OC)c1. The highest BCUT2D eigenvalue weighted by molar-refractivity contribution is 7.92. The number of benzene rings is 4. The summed E-state index contributed by atoms with van der Waals surface area (Å²) in [6, 6.07) is 23.8. The van der Waals surface area contributed by atoms with Gasteiger partial charge in [-0.1, -0.05) is 78.7 Å². The molecule has 0 aliphatic rings. The van der Waals surface area contributed by atoms with Crippen LogP contribution in [0.2, 0.25) is 10.0 Å². The molecule has 4 aromatic rings. The topological polar surface area (TPSA) is 114 Å². The molecule has 0 saturated heterocycles. The van der Waals surface area contributed by atoms with E-state index in [2.05, 4.69) is 5.32 Å². The number of methoxy groups -OCH3 is 3. The van der Waals surface area contributed by atoms with Crippen LogP contribution in [0.1, 0.15) is 24.5 Å². The van der Waals surface area contributed by atoms with Crippen LogP contribution in [0, 0.1) is 0 Å². The van der Waals surface area contributed by atoms with Gasteiger partial charge in [-0.2, -0.15) is 0 Å². The lowest BCUT2D eigenvalue weighted by molar-refractivity contribution is -0.140. The molecule has 13 heteroatoms. The van der Waals surface area contributed by atoms with Gasteiger partial charge in [-0.05, 0) is 53.9 Å². The van der Waals surface area contributed by atoms with E-state index < -0.39 is 28.5 Å². The zero-order chi connectivity index (χ0) is 35.6. The molecule has 0 bridgehead atoms. The van der Waals surface area contributed by atoms with Crippen molar-refractivity contribution < 1.29 is 32.2 Å². The van der Waals surface area contributed by atoms with Crippen molar-refractivity contribution in [2.45, 2.75) is 37.2 Å². The predicted octanol–water partition coefficient (Wildman–Crippen LogP) is 6.38. The van der Waals surface area contributed by atoms with E-state index in [1.807, 2.05) is 37.3 Å². The fourth-order valence-corrected chi connectivity index (χ4v) is 7.00. The lowest BCUT2D eigenvalue weighted by Gasteiger charge is -2.34. The Morgan fingerprint density at radius 1 is 0.816 bits per heavy atom. The Morgan fingerprint density at radius 2 is 1.47 bits per heavy atom. The van der Waals surface area contributed by atoms with Gasteiger partial charge in [0.05, 0.1) is 31.9 Å². The number of ether oxygens (including phenoxy) is 3. The van der Waals surface area contributed by atoms with Crippen molar-refractivity contribution in [3.63, 3.8) is 0 Å². The molecule has 0 spiro atoms. The third-order valence-electron chi connectivity index (χ3n) is 7.75. The molecule has 4 rings (SSSR count). The molecule has 0 aliphatic carbocycles. The second kappa shape index (κ2) is 17.3. The summed E-state index contributed by atoms with van der Waals surface area (Å²) in [6.45, 7) is 1.52. The molecule has 260 valence electrons. The van der Waals surface area contributed by atoms with Gasteiger partial charge in [0.1, 0.15) is 18.3 Å². The van der Waals surface area contributed by atoms with Gasteiger partial charge in [-0.25, -0.2) is 8.42 Å². The molecule has 1 unspecified atom stereocenters. The highest BCUT2D eigenvalue weighted by Gasteiger charge is 2.36. The van der Waals surface area contributed by atoms with Gasteiger partial charge in [0.15, 0.2) is 11.5 Å². The first-order chi connectivity index (χ1) is 23.5. The summed E-state index contributed by atoms with van der Waals surface area (Å²) < 4.78 is 46.2. The van der Waals surface area contributed by atoms with Crippen molar-refractivity contribution in [3.8, 4) is 17.2 Å². The standard InChI is InChI=1S/C36H39Cl2N3O7S/c1-5-19-39-36(43)31(20-25-11-7-6-8-12-25)40(23-26-13-9-10-14-29(26)38)35(42)24-41(30-21-27(37)15-17-32(30)46-2)49(44,45)28-16-18-33(47-3)34(22-28)48-4/h6-18,21-22,31H,5,19-20,23-24H2,1-4H3,(H,39,43). The summed E-state index contributed by atoms with van der Waals surface area (Å²) in [5, 5.41) is 3.52. The molecule has 2 amide bonds. The third kappa shape index (κ3) is 9.17. The van der Waals surface area contributed by atoms with E-state index in [1.165, 1.54) is 56.6 Å². The van der Waals surface area contributed by atoms with Crippen molar-refractivity contribution in [2.24, 2.45) is 0 Å². The fourth-order valence-electron chi connectivity index (χ4n) is 5.21. The van der Waals surface area contributed by atoms with Gasteiger partial charge < -0.3 is 24.4 Å². The zero-order valence-corrected chi connectivity index (χ0v) is 30.0. The number of sulfonamides is 1. The maximum absolute atomic E-state index is 14.7. The molecular formula is C36H39Cl2N3O7S. The van der Waals surface area contributed by atoms with Crippen LogP contribution in [0.4, 0.5) is 5.69 Å². The Labute approximate surface area is 297 Å². The maximum Gasteiger partial charge on any atom is 0.265 e. The Bertz CT molecular complexity index is 1860. The Morgan fingerprint density at radius 3 is 2.12 bits per heavy atom. The quantitative estimate of drug-likeness (QED) is 0.143. The second-order valence-electron chi connectivity index (χ2n) is 11.0.